The molecule has 0 aromatic heterocycles. The van der Waals surface area contributed by atoms with Gasteiger partial charge in [-0.15, -0.1) is 0 Å². The SMILES string of the molecule is CCC1CCC(CCC2CCC(C)OC2=O)CC1. The summed E-state index contributed by atoms with van der Waals surface area (Å²) in [5.41, 5.74) is 0. The van der Waals surface area contributed by atoms with E-state index in [2.05, 4.69) is 6.92 Å². The first kappa shape index (κ1) is 13.9. The van der Waals surface area contributed by atoms with Crippen molar-refractivity contribution in [3.05, 3.63) is 0 Å². The highest BCUT2D eigenvalue weighted by molar-refractivity contribution is 5.73. The van der Waals surface area contributed by atoms with E-state index >= 15 is 0 Å². The maximum atomic E-state index is 11.8. The number of carbonyl (C=O) groups excluding carboxylic acids is 1. The molecule has 2 unspecified atom stereocenters. The van der Waals surface area contributed by atoms with Gasteiger partial charge in [0.2, 0.25) is 0 Å². The summed E-state index contributed by atoms with van der Waals surface area (Å²) in [6.45, 7) is 4.31. The predicted molar refractivity (Wildman–Crippen MR) is 73.3 cm³/mol. The molecule has 2 fully saturated rings. The molecule has 2 aliphatic rings. The molecule has 0 amide bonds. The zero-order valence-corrected chi connectivity index (χ0v) is 12.0. The van der Waals surface area contributed by atoms with Crippen molar-refractivity contribution in [1.29, 1.82) is 0 Å². The van der Waals surface area contributed by atoms with Crippen molar-refractivity contribution in [3.63, 3.8) is 0 Å². The second kappa shape index (κ2) is 6.58. The Morgan fingerprint density at radius 3 is 2.28 bits per heavy atom. The molecule has 0 N–H and O–H groups in total. The summed E-state index contributed by atoms with van der Waals surface area (Å²) in [5, 5.41) is 0. The molecule has 1 heterocycles. The molecule has 1 saturated heterocycles. The molecule has 2 atom stereocenters. The number of rotatable bonds is 4. The summed E-state index contributed by atoms with van der Waals surface area (Å²) in [7, 11) is 0. The fourth-order valence-corrected chi connectivity index (χ4v) is 3.53. The monoisotopic (exact) mass is 252 g/mol. The summed E-state index contributed by atoms with van der Waals surface area (Å²) in [6.07, 6.45) is 11.5. The van der Waals surface area contributed by atoms with Crippen LogP contribution >= 0.6 is 0 Å². The quantitative estimate of drug-likeness (QED) is 0.696. The Balaban J connectivity index is 1.67. The molecular formula is C16H28O2. The molecule has 1 saturated carbocycles. The zero-order valence-electron chi connectivity index (χ0n) is 12.0. The van der Waals surface area contributed by atoms with Gasteiger partial charge >= 0.3 is 5.97 Å². The standard InChI is InChI=1S/C16H28O2/c1-3-13-5-7-14(8-6-13)9-11-15-10-4-12(2)18-16(15)17/h12-15H,3-11H2,1-2H3. The molecule has 0 spiro atoms. The highest BCUT2D eigenvalue weighted by Gasteiger charge is 2.29. The molecule has 0 bridgehead atoms. The molecule has 2 nitrogen and oxygen atoms in total. The van der Waals surface area contributed by atoms with Crippen molar-refractivity contribution in [2.24, 2.45) is 17.8 Å². The van der Waals surface area contributed by atoms with E-state index in [-0.39, 0.29) is 18.0 Å². The summed E-state index contributed by atoms with van der Waals surface area (Å²) < 4.78 is 5.33. The van der Waals surface area contributed by atoms with Crippen molar-refractivity contribution in [3.8, 4) is 0 Å². The Morgan fingerprint density at radius 2 is 1.67 bits per heavy atom. The molecule has 2 rings (SSSR count). The minimum atomic E-state index is 0.0657. The van der Waals surface area contributed by atoms with E-state index in [9.17, 15) is 4.79 Å². The normalized spacial score (nSPS) is 37.3. The summed E-state index contributed by atoms with van der Waals surface area (Å²) in [6, 6.07) is 0. The van der Waals surface area contributed by atoms with Crippen LogP contribution in [0.15, 0.2) is 0 Å². The van der Waals surface area contributed by atoms with Gasteiger partial charge in [0.25, 0.3) is 0 Å². The smallest absolute Gasteiger partial charge is 0.309 e. The van der Waals surface area contributed by atoms with Gasteiger partial charge in [0.05, 0.1) is 12.0 Å². The van der Waals surface area contributed by atoms with Gasteiger partial charge < -0.3 is 4.74 Å². The predicted octanol–water partition coefficient (Wildman–Crippen LogP) is 4.32. The van der Waals surface area contributed by atoms with Gasteiger partial charge in [-0.05, 0) is 44.4 Å². The molecule has 0 radical (unpaired) electrons. The molecule has 1 aliphatic carbocycles. The third-order valence-corrected chi connectivity index (χ3v) is 5.04. The molecule has 0 aromatic carbocycles. The van der Waals surface area contributed by atoms with E-state index in [4.69, 9.17) is 4.74 Å². The highest BCUT2D eigenvalue weighted by atomic mass is 16.5. The first-order chi connectivity index (χ1) is 8.69. The van der Waals surface area contributed by atoms with Crippen LogP contribution in [0.1, 0.15) is 71.6 Å². The van der Waals surface area contributed by atoms with Gasteiger partial charge in [-0.2, -0.15) is 0 Å². The molecular weight excluding hydrogens is 224 g/mol. The van der Waals surface area contributed by atoms with Crippen molar-refractivity contribution in [2.45, 2.75) is 77.7 Å². The molecule has 2 heteroatoms. The third-order valence-electron chi connectivity index (χ3n) is 5.04. The van der Waals surface area contributed by atoms with Crippen molar-refractivity contribution in [1.82, 2.24) is 0 Å². The zero-order chi connectivity index (χ0) is 13.0. The van der Waals surface area contributed by atoms with Gasteiger partial charge in [0.15, 0.2) is 0 Å². The Hall–Kier alpha value is -0.530. The van der Waals surface area contributed by atoms with Crippen LogP contribution in [0.4, 0.5) is 0 Å². The Labute approximate surface area is 111 Å². The first-order valence-electron chi connectivity index (χ1n) is 7.89. The Kier molecular flexibility index (Phi) is 5.08. The number of carbonyl (C=O) groups is 1. The lowest BCUT2D eigenvalue weighted by molar-refractivity contribution is -0.159. The van der Waals surface area contributed by atoms with Crippen LogP contribution in [0, 0.1) is 17.8 Å². The van der Waals surface area contributed by atoms with Crippen LogP contribution in [-0.2, 0) is 9.53 Å². The molecule has 104 valence electrons. The van der Waals surface area contributed by atoms with Crippen molar-refractivity contribution in [2.75, 3.05) is 0 Å². The number of cyclic esters (lactones) is 1. The van der Waals surface area contributed by atoms with Gasteiger partial charge in [-0.25, -0.2) is 0 Å². The maximum Gasteiger partial charge on any atom is 0.309 e. The minimum Gasteiger partial charge on any atom is -0.462 e. The van der Waals surface area contributed by atoms with E-state index in [1.165, 1.54) is 38.5 Å². The summed E-state index contributed by atoms with van der Waals surface area (Å²) in [4.78, 5) is 11.8. The van der Waals surface area contributed by atoms with Crippen molar-refractivity contribution >= 4 is 5.97 Å². The number of hydrogen-bond acceptors (Lipinski definition) is 2. The van der Waals surface area contributed by atoms with Crippen LogP contribution in [-0.4, -0.2) is 12.1 Å². The van der Waals surface area contributed by atoms with Crippen LogP contribution in [0.2, 0.25) is 0 Å². The van der Waals surface area contributed by atoms with Crippen LogP contribution in [0.5, 0.6) is 0 Å². The number of esters is 1. The maximum absolute atomic E-state index is 11.8. The highest BCUT2D eigenvalue weighted by Crippen LogP contribution is 2.35. The van der Waals surface area contributed by atoms with E-state index in [1.54, 1.807) is 0 Å². The molecule has 1 aliphatic heterocycles. The average molecular weight is 252 g/mol. The van der Waals surface area contributed by atoms with E-state index in [1.807, 2.05) is 6.92 Å². The third kappa shape index (κ3) is 3.73. The number of hydrogen-bond donors (Lipinski definition) is 0. The fourth-order valence-electron chi connectivity index (χ4n) is 3.53. The van der Waals surface area contributed by atoms with E-state index < -0.39 is 0 Å². The van der Waals surface area contributed by atoms with Crippen LogP contribution < -0.4 is 0 Å². The van der Waals surface area contributed by atoms with Gasteiger partial charge in [-0.3, -0.25) is 4.79 Å². The lowest BCUT2D eigenvalue weighted by Gasteiger charge is -2.30. The van der Waals surface area contributed by atoms with Gasteiger partial charge in [0.1, 0.15) is 0 Å². The second-order valence-electron chi connectivity index (χ2n) is 6.39. The average Bonchev–Trinajstić information content (AvgIpc) is 2.38. The van der Waals surface area contributed by atoms with Crippen molar-refractivity contribution < 1.29 is 9.53 Å². The lowest BCUT2D eigenvalue weighted by Crippen LogP contribution is -2.29. The van der Waals surface area contributed by atoms with Crippen LogP contribution in [0.3, 0.4) is 0 Å². The van der Waals surface area contributed by atoms with Gasteiger partial charge in [-0.1, -0.05) is 39.0 Å². The lowest BCUT2D eigenvalue weighted by atomic mass is 9.77. The largest absolute Gasteiger partial charge is 0.462 e. The topological polar surface area (TPSA) is 26.3 Å². The summed E-state index contributed by atoms with van der Waals surface area (Å²) >= 11 is 0. The van der Waals surface area contributed by atoms with E-state index in [0.717, 1.165) is 31.1 Å². The number of ether oxygens (including phenoxy) is 1. The Bertz CT molecular complexity index is 266. The summed E-state index contributed by atoms with van der Waals surface area (Å²) in [5.74, 6) is 2.11. The molecule has 18 heavy (non-hydrogen) atoms. The molecule has 0 aromatic rings. The minimum absolute atomic E-state index is 0.0657. The first-order valence-corrected chi connectivity index (χ1v) is 7.89. The second-order valence-corrected chi connectivity index (χ2v) is 6.39. The van der Waals surface area contributed by atoms with Gasteiger partial charge in [0, 0.05) is 0 Å². The van der Waals surface area contributed by atoms with Crippen LogP contribution in [0.25, 0.3) is 0 Å². The van der Waals surface area contributed by atoms with E-state index in [0.29, 0.717) is 0 Å². The Morgan fingerprint density at radius 1 is 1.00 bits per heavy atom. The fraction of sp³-hybridized carbons (Fsp3) is 0.938.